The molecule has 3 aromatic rings. The molecule has 0 bridgehead atoms. The fourth-order valence-corrected chi connectivity index (χ4v) is 2.68. The van der Waals surface area contributed by atoms with E-state index in [4.69, 9.17) is 20.0 Å². The lowest BCUT2D eigenvalue weighted by Gasteiger charge is -2.11. The van der Waals surface area contributed by atoms with E-state index in [0.717, 1.165) is 5.56 Å². The summed E-state index contributed by atoms with van der Waals surface area (Å²) in [6.45, 7) is 0.0963. The molecular formula is C23H23N3O4. The number of amidine groups is 1. The number of anilines is 1. The van der Waals surface area contributed by atoms with E-state index in [1.165, 1.54) is 7.11 Å². The van der Waals surface area contributed by atoms with Gasteiger partial charge < -0.3 is 25.4 Å². The molecule has 7 heteroatoms. The Morgan fingerprint density at radius 3 is 2.37 bits per heavy atom. The third kappa shape index (κ3) is 5.75. The third-order valence-corrected chi connectivity index (χ3v) is 4.14. The second kappa shape index (κ2) is 10.5. The molecule has 0 heterocycles. The molecule has 0 aliphatic carbocycles. The number of ether oxygens (including phenoxy) is 2. The number of hydrogen-bond donors (Lipinski definition) is 2. The lowest BCUT2D eigenvalue weighted by molar-refractivity contribution is -0.120. The van der Waals surface area contributed by atoms with Crippen molar-refractivity contribution in [1.29, 1.82) is 0 Å². The maximum atomic E-state index is 12.1. The van der Waals surface area contributed by atoms with Gasteiger partial charge in [-0.25, -0.2) is 0 Å². The standard InChI is InChI=1S/C23H23N3O4/c1-28-21-14-8-6-12-19(21)25-22(27)16-30-26-23(24)18-11-5-7-13-20(18)29-15-17-9-3-2-4-10-17/h2-14H,15-16H2,1H3,(H2,24,26)(H,25,27). The minimum atomic E-state index is -0.385. The molecule has 0 saturated carbocycles. The van der Waals surface area contributed by atoms with Gasteiger partial charge in [0.05, 0.1) is 18.4 Å². The Kier molecular flexibility index (Phi) is 7.27. The van der Waals surface area contributed by atoms with Crippen LogP contribution in [0.15, 0.2) is 84.0 Å². The van der Waals surface area contributed by atoms with Gasteiger partial charge in [0.1, 0.15) is 18.1 Å². The van der Waals surface area contributed by atoms with Gasteiger partial charge in [-0.1, -0.05) is 59.8 Å². The first-order chi connectivity index (χ1) is 14.7. The number of nitrogens with zero attached hydrogens (tertiary/aromatic N) is 1. The number of carbonyl (C=O) groups is 1. The van der Waals surface area contributed by atoms with E-state index in [2.05, 4.69) is 10.5 Å². The fourth-order valence-electron chi connectivity index (χ4n) is 2.68. The molecule has 3 N–H and O–H groups in total. The number of carbonyl (C=O) groups excluding carboxylic acids is 1. The van der Waals surface area contributed by atoms with Gasteiger partial charge in [-0.2, -0.15) is 0 Å². The minimum Gasteiger partial charge on any atom is -0.495 e. The first-order valence-electron chi connectivity index (χ1n) is 9.32. The third-order valence-electron chi connectivity index (χ3n) is 4.14. The van der Waals surface area contributed by atoms with Crippen molar-refractivity contribution in [2.75, 3.05) is 19.0 Å². The van der Waals surface area contributed by atoms with Crippen LogP contribution in [0, 0.1) is 0 Å². The molecule has 0 radical (unpaired) electrons. The van der Waals surface area contributed by atoms with Crippen LogP contribution in [0.4, 0.5) is 5.69 Å². The van der Waals surface area contributed by atoms with Crippen molar-refractivity contribution in [3.63, 3.8) is 0 Å². The molecule has 0 unspecified atom stereocenters. The molecule has 30 heavy (non-hydrogen) atoms. The van der Waals surface area contributed by atoms with Gasteiger partial charge in [0.25, 0.3) is 5.91 Å². The van der Waals surface area contributed by atoms with Crippen molar-refractivity contribution >= 4 is 17.4 Å². The molecule has 0 spiro atoms. The molecule has 7 nitrogen and oxygen atoms in total. The molecule has 0 aromatic heterocycles. The number of methoxy groups -OCH3 is 1. The number of hydrogen-bond acceptors (Lipinski definition) is 5. The second-order valence-corrected chi connectivity index (χ2v) is 6.27. The average Bonchev–Trinajstić information content (AvgIpc) is 2.79. The summed E-state index contributed by atoms with van der Waals surface area (Å²) in [4.78, 5) is 17.2. The van der Waals surface area contributed by atoms with Gasteiger partial charge in [-0.05, 0) is 29.8 Å². The highest BCUT2D eigenvalue weighted by molar-refractivity contribution is 5.99. The Balaban J connectivity index is 1.58. The molecule has 3 aromatic carbocycles. The van der Waals surface area contributed by atoms with Crippen LogP contribution in [0.5, 0.6) is 11.5 Å². The van der Waals surface area contributed by atoms with Crippen LogP contribution in [0.25, 0.3) is 0 Å². The Hall–Kier alpha value is -4.00. The Bertz CT molecular complexity index is 1010. The number of nitrogens with one attached hydrogen (secondary N) is 1. The summed E-state index contributed by atoms with van der Waals surface area (Å²) >= 11 is 0. The first kappa shape index (κ1) is 20.7. The van der Waals surface area contributed by atoms with Gasteiger partial charge in [-0.3, -0.25) is 4.79 Å². The summed E-state index contributed by atoms with van der Waals surface area (Å²) in [5.41, 5.74) is 8.21. The zero-order valence-corrected chi connectivity index (χ0v) is 16.6. The minimum absolute atomic E-state index is 0.115. The van der Waals surface area contributed by atoms with E-state index in [9.17, 15) is 4.79 Å². The second-order valence-electron chi connectivity index (χ2n) is 6.27. The van der Waals surface area contributed by atoms with Crippen molar-refractivity contribution < 1.29 is 19.1 Å². The van der Waals surface area contributed by atoms with Gasteiger partial charge in [0.2, 0.25) is 0 Å². The molecule has 0 fully saturated rings. The molecule has 0 saturated heterocycles. The van der Waals surface area contributed by atoms with Gasteiger partial charge in [0, 0.05) is 0 Å². The SMILES string of the molecule is COc1ccccc1NC(=O)CO/N=C(/N)c1ccccc1OCc1ccccc1. The van der Waals surface area contributed by atoms with Gasteiger partial charge in [-0.15, -0.1) is 0 Å². The maximum Gasteiger partial charge on any atom is 0.265 e. The lowest BCUT2D eigenvalue weighted by atomic mass is 10.2. The summed E-state index contributed by atoms with van der Waals surface area (Å²) in [7, 11) is 1.53. The predicted octanol–water partition coefficient (Wildman–Crippen LogP) is 3.55. The molecule has 0 atom stereocenters. The number of para-hydroxylation sites is 3. The number of benzene rings is 3. The fraction of sp³-hybridized carbons (Fsp3) is 0.130. The Labute approximate surface area is 175 Å². The van der Waals surface area contributed by atoms with Crippen molar-refractivity contribution in [1.82, 2.24) is 0 Å². The topological polar surface area (TPSA) is 95.2 Å². The average molecular weight is 405 g/mol. The van der Waals surface area contributed by atoms with Gasteiger partial charge in [0.15, 0.2) is 12.4 Å². The molecule has 0 aliphatic heterocycles. The molecule has 3 rings (SSSR count). The van der Waals surface area contributed by atoms with E-state index >= 15 is 0 Å². The van der Waals surface area contributed by atoms with E-state index < -0.39 is 0 Å². The van der Waals surface area contributed by atoms with Crippen molar-refractivity contribution in [3.05, 3.63) is 90.0 Å². The van der Waals surface area contributed by atoms with Crippen molar-refractivity contribution in [3.8, 4) is 11.5 Å². The van der Waals surface area contributed by atoms with Crippen LogP contribution in [0.1, 0.15) is 11.1 Å². The molecular weight excluding hydrogens is 382 g/mol. The molecule has 0 aliphatic rings. The number of oxime groups is 1. The number of nitrogens with two attached hydrogens (primary N) is 1. The Morgan fingerprint density at radius 2 is 1.60 bits per heavy atom. The van der Waals surface area contributed by atoms with E-state index in [0.29, 0.717) is 29.4 Å². The number of rotatable bonds is 9. The van der Waals surface area contributed by atoms with Crippen molar-refractivity contribution in [2.24, 2.45) is 10.9 Å². The quantitative estimate of drug-likeness (QED) is 0.322. The highest BCUT2D eigenvalue weighted by Crippen LogP contribution is 2.23. The summed E-state index contributed by atoms with van der Waals surface area (Å²) in [6.07, 6.45) is 0. The van der Waals surface area contributed by atoms with Crippen LogP contribution in [0.2, 0.25) is 0 Å². The van der Waals surface area contributed by atoms with Crippen LogP contribution >= 0.6 is 0 Å². The zero-order valence-electron chi connectivity index (χ0n) is 16.6. The van der Waals surface area contributed by atoms with Crippen LogP contribution in [-0.4, -0.2) is 25.5 Å². The molecule has 154 valence electrons. The lowest BCUT2D eigenvalue weighted by Crippen LogP contribution is -2.20. The predicted molar refractivity (Wildman–Crippen MR) is 116 cm³/mol. The number of amides is 1. The normalized spacial score (nSPS) is 10.9. The Morgan fingerprint density at radius 1 is 0.933 bits per heavy atom. The summed E-state index contributed by atoms with van der Waals surface area (Å²) < 4.78 is 11.1. The van der Waals surface area contributed by atoms with Crippen molar-refractivity contribution in [2.45, 2.75) is 6.61 Å². The van der Waals surface area contributed by atoms with E-state index in [1.807, 2.05) is 48.5 Å². The van der Waals surface area contributed by atoms with E-state index in [-0.39, 0.29) is 18.3 Å². The largest absolute Gasteiger partial charge is 0.495 e. The van der Waals surface area contributed by atoms with E-state index in [1.54, 1.807) is 30.3 Å². The summed E-state index contributed by atoms with van der Waals surface area (Å²) in [6, 6.07) is 24.1. The molecule has 1 amide bonds. The smallest absolute Gasteiger partial charge is 0.265 e. The van der Waals surface area contributed by atoms with Crippen LogP contribution < -0.4 is 20.5 Å². The highest BCUT2D eigenvalue weighted by Gasteiger charge is 2.10. The van der Waals surface area contributed by atoms with Crippen LogP contribution in [-0.2, 0) is 16.2 Å². The highest BCUT2D eigenvalue weighted by atomic mass is 16.6. The summed E-state index contributed by atoms with van der Waals surface area (Å²) in [5, 5.41) is 6.56. The maximum absolute atomic E-state index is 12.1. The zero-order chi connectivity index (χ0) is 21.2. The van der Waals surface area contributed by atoms with Gasteiger partial charge >= 0.3 is 0 Å². The van der Waals surface area contributed by atoms with Crippen LogP contribution in [0.3, 0.4) is 0 Å². The monoisotopic (exact) mass is 405 g/mol. The summed E-state index contributed by atoms with van der Waals surface area (Å²) in [5.74, 6) is 0.858. The first-order valence-corrected chi connectivity index (χ1v) is 9.32.